The number of hydrogen-bond donors (Lipinski definition) is 1. The van der Waals surface area contributed by atoms with Gasteiger partial charge in [-0.15, -0.1) is 11.3 Å². The molecule has 0 amide bonds. The molecule has 3 heteroatoms. The van der Waals surface area contributed by atoms with E-state index in [0.29, 0.717) is 6.04 Å². The fourth-order valence-corrected chi connectivity index (χ4v) is 3.30. The summed E-state index contributed by atoms with van der Waals surface area (Å²) < 4.78 is 0. The quantitative estimate of drug-likeness (QED) is 0.852. The van der Waals surface area contributed by atoms with Crippen LogP contribution in [0.5, 0.6) is 0 Å². The van der Waals surface area contributed by atoms with E-state index in [1.165, 1.54) is 30.8 Å². The second kappa shape index (κ2) is 5.10. The summed E-state index contributed by atoms with van der Waals surface area (Å²) in [6, 6.07) is 5.09. The van der Waals surface area contributed by atoms with Gasteiger partial charge in [0.15, 0.2) is 0 Å². The number of rotatable bonds is 4. The molecule has 1 saturated heterocycles. The zero-order valence-electron chi connectivity index (χ0n) is 9.36. The van der Waals surface area contributed by atoms with Gasteiger partial charge in [0.25, 0.3) is 0 Å². The lowest BCUT2D eigenvalue weighted by molar-refractivity contribution is 0.213. The predicted octanol–water partition coefficient (Wildman–Crippen LogP) is 2.62. The van der Waals surface area contributed by atoms with Crippen molar-refractivity contribution < 1.29 is 0 Å². The molecule has 0 bridgehead atoms. The summed E-state index contributed by atoms with van der Waals surface area (Å²) in [6.45, 7) is 4.62. The second-order valence-corrected chi connectivity index (χ2v) is 5.25. The maximum atomic E-state index is 6.25. The van der Waals surface area contributed by atoms with E-state index in [9.17, 15) is 0 Å². The average molecular weight is 224 g/mol. The molecule has 1 aliphatic rings. The Labute approximate surface area is 96.1 Å². The molecule has 2 unspecified atom stereocenters. The molecule has 2 rings (SSSR count). The molecule has 2 nitrogen and oxygen atoms in total. The average Bonchev–Trinajstić information content (AvgIpc) is 2.90. The summed E-state index contributed by atoms with van der Waals surface area (Å²) in [5.41, 5.74) is 6.25. The number of hydrogen-bond acceptors (Lipinski definition) is 3. The third-order valence-corrected chi connectivity index (χ3v) is 4.19. The Bertz CT molecular complexity index is 278. The Morgan fingerprint density at radius 3 is 2.73 bits per heavy atom. The monoisotopic (exact) mass is 224 g/mol. The first kappa shape index (κ1) is 11.1. The van der Waals surface area contributed by atoms with Crippen molar-refractivity contribution in [2.24, 2.45) is 5.73 Å². The summed E-state index contributed by atoms with van der Waals surface area (Å²) in [6.07, 6.45) is 3.72. The number of likely N-dealkylation sites (tertiary alicyclic amines) is 1. The van der Waals surface area contributed by atoms with Crippen molar-refractivity contribution in [2.45, 2.75) is 38.3 Å². The summed E-state index contributed by atoms with van der Waals surface area (Å²) >= 11 is 1.84. The van der Waals surface area contributed by atoms with Crippen molar-refractivity contribution >= 4 is 11.3 Å². The molecule has 1 aliphatic heterocycles. The topological polar surface area (TPSA) is 29.3 Å². The molecule has 1 aromatic rings. The lowest BCUT2D eigenvalue weighted by atomic mass is 10.0. The first-order valence-electron chi connectivity index (χ1n) is 5.86. The van der Waals surface area contributed by atoms with Gasteiger partial charge in [0, 0.05) is 10.9 Å². The fourth-order valence-electron chi connectivity index (χ4n) is 2.36. The SMILES string of the molecule is CCC(N)C(c1cccs1)N1CCCC1. The molecule has 84 valence electrons. The summed E-state index contributed by atoms with van der Waals surface area (Å²) in [5, 5.41) is 2.15. The predicted molar refractivity (Wildman–Crippen MR) is 66.1 cm³/mol. The van der Waals surface area contributed by atoms with E-state index >= 15 is 0 Å². The van der Waals surface area contributed by atoms with Crippen LogP contribution in [-0.2, 0) is 0 Å². The van der Waals surface area contributed by atoms with Crippen LogP contribution in [-0.4, -0.2) is 24.0 Å². The summed E-state index contributed by atoms with van der Waals surface area (Å²) in [4.78, 5) is 3.99. The van der Waals surface area contributed by atoms with Gasteiger partial charge in [-0.25, -0.2) is 0 Å². The molecule has 2 heterocycles. The van der Waals surface area contributed by atoms with Crippen molar-refractivity contribution in [3.63, 3.8) is 0 Å². The van der Waals surface area contributed by atoms with Crippen molar-refractivity contribution in [3.05, 3.63) is 22.4 Å². The van der Waals surface area contributed by atoms with Crippen LogP contribution in [0.3, 0.4) is 0 Å². The van der Waals surface area contributed by atoms with Crippen LogP contribution in [0.25, 0.3) is 0 Å². The third-order valence-electron chi connectivity index (χ3n) is 3.25. The lowest BCUT2D eigenvalue weighted by Gasteiger charge is -2.31. The highest BCUT2D eigenvalue weighted by Gasteiger charge is 2.28. The van der Waals surface area contributed by atoms with Gasteiger partial charge in [-0.1, -0.05) is 13.0 Å². The molecule has 2 atom stereocenters. The molecule has 2 N–H and O–H groups in total. The van der Waals surface area contributed by atoms with Gasteiger partial charge >= 0.3 is 0 Å². The minimum Gasteiger partial charge on any atom is -0.326 e. The molecule has 0 radical (unpaired) electrons. The Morgan fingerprint density at radius 2 is 2.20 bits per heavy atom. The van der Waals surface area contributed by atoms with Gasteiger partial charge in [-0.05, 0) is 43.8 Å². The van der Waals surface area contributed by atoms with Gasteiger partial charge in [0.2, 0.25) is 0 Å². The Morgan fingerprint density at radius 1 is 1.47 bits per heavy atom. The Balaban J connectivity index is 2.15. The molecule has 0 spiro atoms. The van der Waals surface area contributed by atoms with Gasteiger partial charge in [-0.2, -0.15) is 0 Å². The first-order chi connectivity index (χ1) is 7.33. The maximum Gasteiger partial charge on any atom is 0.0593 e. The third kappa shape index (κ3) is 2.41. The van der Waals surface area contributed by atoms with Crippen LogP contribution in [0.1, 0.15) is 37.1 Å². The minimum absolute atomic E-state index is 0.279. The standard InChI is InChI=1S/C12H20N2S/c1-2-10(13)12(11-6-5-9-15-11)14-7-3-4-8-14/h5-6,9-10,12H,2-4,7-8,13H2,1H3. The van der Waals surface area contributed by atoms with Crippen molar-refractivity contribution in [1.29, 1.82) is 0 Å². The van der Waals surface area contributed by atoms with Crippen LogP contribution in [0.2, 0.25) is 0 Å². The van der Waals surface area contributed by atoms with Crippen LogP contribution < -0.4 is 5.73 Å². The molecular weight excluding hydrogens is 204 g/mol. The molecule has 1 aromatic heterocycles. The van der Waals surface area contributed by atoms with E-state index in [-0.39, 0.29) is 6.04 Å². The molecule has 15 heavy (non-hydrogen) atoms. The molecule has 0 saturated carbocycles. The van der Waals surface area contributed by atoms with Crippen LogP contribution >= 0.6 is 11.3 Å². The number of nitrogens with two attached hydrogens (primary N) is 1. The summed E-state index contributed by atoms with van der Waals surface area (Å²) in [7, 11) is 0. The smallest absolute Gasteiger partial charge is 0.0593 e. The highest BCUT2D eigenvalue weighted by Crippen LogP contribution is 2.31. The van der Waals surface area contributed by atoms with Gasteiger partial charge in [0.05, 0.1) is 6.04 Å². The summed E-state index contributed by atoms with van der Waals surface area (Å²) in [5.74, 6) is 0. The van der Waals surface area contributed by atoms with E-state index in [0.717, 1.165) is 6.42 Å². The second-order valence-electron chi connectivity index (χ2n) is 4.28. The normalized spacial score (nSPS) is 21.7. The number of thiophene rings is 1. The molecule has 0 aliphatic carbocycles. The van der Waals surface area contributed by atoms with Crippen LogP contribution in [0.15, 0.2) is 17.5 Å². The van der Waals surface area contributed by atoms with Gasteiger partial charge in [-0.3, -0.25) is 4.90 Å². The van der Waals surface area contributed by atoms with E-state index < -0.39 is 0 Å². The number of nitrogens with zero attached hydrogens (tertiary/aromatic N) is 1. The minimum atomic E-state index is 0.279. The van der Waals surface area contributed by atoms with Crippen molar-refractivity contribution in [1.82, 2.24) is 4.90 Å². The Hall–Kier alpha value is -0.380. The largest absolute Gasteiger partial charge is 0.326 e. The van der Waals surface area contributed by atoms with Gasteiger partial charge < -0.3 is 5.73 Å². The van der Waals surface area contributed by atoms with E-state index in [4.69, 9.17) is 5.73 Å². The van der Waals surface area contributed by atoms with Crippen molar-refractivity contribution in [3.8, 4) is 0 Å². The zero-order valence-corrected chi connectivity index (χ0v) is 10.2. The lowest BCUT2D eigenvalue weighted by Crippen LogP contribution is -2.38. The van der Waals surface area contributed by atoms with Crippen LogP contribution in [0.4, 0.5) is 0 Å². The van der Waals surface area contributed by atoms with Crippen molar-refractivity contribution in [2.75, 3.05) is 13.1 Å². The highest BCUT2D eigenvalue weighted by atomic mass is 32.1. The highest BCUT2D eigenvalue weighted by molar-refractivity contribution is 7.10. The maximum absolute atomic E-state index is 6.25. The molecular formula is C12H20N2S. The van der Waals surface area contributed by atoms with E-state index in [1.807, 2.05) is 11.3 Å². The molecule has 0 aromatic carbocycles. The fraction of sp³-hybridized carbons (Fsp3) is 0.667. The van der Waals surface area contributed by atoms with E-state index in [1.54, 1.807) is 0 Å². The molecule has 1 fully saturated rings. The first-order valence-corrected chi connectivity index (χ1v) is 6.74. The Kier molecular flexibility index (Phi) is 3.78. The van der Waals surface area contributed by atoms with Crippen LogP contribution in [0, 0.1) is 0 Å². The van der Waals surface area contributed by atoms with Gasteiger partial charge in [0.1, 0.15) is 0 Å². The van der Waals surface area contributed by atoms with E-state index in [2.05, 4.69) is 29.3 Å². The zero-order chi connectivity index (χ0) is 10.7.